The van der Waals surface area contributed by atoms with E-state index < -0.39 is 0 Å². The first-order valence-corrected chi connectivity index (χ1v) is 5.79. The van der Waals surface area contributed by atoms with Crippen molar-refractivity contribution in [3.05, 3.63) is 40.9 Å². The van der Waals surface area contributed by atoms with E-state index in [1.165, 1.54) is 6.33 Å². The van der Waals surface area contributed by atoms with Crippen LogP contribution in [0.5, 0.6) is 5.75 Å². The van der Waals surface area contributed by atoms with Crippen molar-refractivity contribution < 1.29 is 9.53 Å². The van der Waals surface area contributed by atoms with Gasteiger partial charge in [0, 0.05) is 4.47 Å². The molecule has 1 aromatic heterocycles. The number of halogens is 1. The minimum atomic E-state index is 0.436. The molecule has 0 fully saturated rings. The van der Waals surface area contributed by atoms with Gasteiger partial charge in [-0.3, -0.25) is 4.79 Å². The summed E-state index contributed by atoms with van der Waals surface area (Å²) in [6.07, 6.45) is 3.86. The summed E-state index contributed by atoms with van der Waals surface area (Å²) >= 11 is 3.30. The van der Waals surface area contributed by atoms with Gasteiger partial charge in [0.2, 0.25) is 0 Å². The summed E-state index contributed by atoms with van der Waals surface area (Å²) < 4.78 is 8.03. The fraction of sp³-hybridized carbons (Fsp3) is 0.182. The van der Waals surface area contributed by atoms with Gasteiger partial charge >= 0.3 is 0 Å². The zero-order valence-corrected chi connectivity index (χ0v) is 10.5. The summed E-state index contributed by atoms with van der Waals surface area (Å²) in [5.41, 5.74) is 0.526. The molecule has 0 aliphatic heterocycles. The second kappa shape index (κ2) is 5.58. The minimum absolute atomic E-state index is 0.436. The predicted octanol–water partition coefficient (Wildman–Crippen LogP) is 1.93. The summed E-state index contributed by atoms with van der Waals surface area (Å²) in [6, 6.07) is 5.31. The Labute approximate surface area is 107 Å². The van der Waals surface area contributed by atoms with Gasteiger partial charge in [-0.15, -0.1) is 0 Å². The maximum Gasteiger partial charge on any atom is 0.153 e. The molecule has 0 bridgehead atoms. The number of aldehydes is 1. The number of nitrogens with zero attached hydrogens (tertiary/aromatic N) is 3. The van der Waals surface area contributed by atoms with Crippen LogP contribution in [0, 0.1) is 0 Å². The first-order valence-electron chi connectivity index (χ1n) is 4.99. The highest BCUT2D eigenvalue weighted by Crippen LogP contribution is 2.21. The van der Waals surface area contributed by atoms with E-state index in [4.69, 9.17) is 4.74 Å². The average molecular weight is 296 g/mol. The summed E-state index contributed by atoms with van der Waals surface area (Å²) in [7, 11) is 0. The van der Waals surface area contributed by atoms with E-state index >= 15 is 0 Å². The molecular formula is C11H10BrN3O2. The Hall–Kier alpha value is -1.69. The van der Waals surface area contributed by atoms with Crippen LogP contribution >= 0.6 is 15.9 Å². The number of carbonyl (C=O) groups is 1. The molecule has 0 N–H and O–H groups in total. The first kappa shape index (κ1) is 11.8. The van der Waals surface area contributed by atoms with Crippen LogP contribution in [0.2, 0.25) is 0 Å². The lowest BCUT2D eigenvalue weighted by atomic mass is 10.2. The van der Waals surface area contributed by atoms with Crippen LogP contribution in [0.3, 0.4) is 0 Å². The van der Waals surface area contributed by atoms with Crippen LogP contribution in [-0.2, 0) is 6.54 Å². The SMILES string of the molecule is O=Cc1cc(Br)ccc1OCCn1cncn1. The molecule has 88 valence electrons. The van der Waals surface area contributed by atoms with E-state index in [2.05, 4.69) is 26.0 Å². The molecule has 0 radical (unpaired) electrons. The third kappa shape index (κ3) is 3.13. The van der Waals surface area contributed by atoms with Crippen molar-refractivity contribution in [1.29, 1.82) is 0 Å². The van der Waals surface area contributed by atoms with Crippen molar-refractivity contribution in [2.45, 2.75) is 6.54 Å². The van der Waals surface area contributed by atoms with Crippen molar-refractivity contribution in [1.82, 2.24) is 14.8 Å². The Morgan fingerprint density at radius 3 is 3.06 bits per heavy atom. The van der Waals surface area contributed by atoms with Gasteiger partial charge in [0.15, 0.2) is 6.29 Å². The molecule has 1 aromatic carbocycles. The number of hydrogen-bond donors (Lipinski definition) is 0. The van der Waals surface area contributed by atoms with Crippen LogP contribution in [0.15, 0.2) is 35.3 Å². The number of hydrogen-bond acceptors (Lipinski definition) is 4. The zero-order chi connectivity index (χ0) is 12.1. The van der Waals surface area contributed by atoms with Crippen LogP contribution < -0.4 is 4.74 Å². The molecule has 0 amide bonds. The van der Waals surface area contributed by atoms with E-state index in [0.29, 0.717) is 24.5 Å². The van der Waals surface area contributed by atoms with Gasteiger partial charge in [-0.25, -0.2) is 9.67 Å². The van der Waals surface area contributed by atoms with Gasteiger partial charge in [0.1, 0.15) is 25.0 Å². The highest BCUT2D eigenvalue weighted by molar-refractivity contribution is 9.10. The number of benzene rings is 1. The first-order chi connectivity index (χ1) is 8.29. The largest absolute Gasteiger partial charge is 0.491 e. The van der Waals surface area contributed by atoms with Crippen LogP contribution in [-0.4, -0.2) is 27.7 Å². The number of carbonyl (C=O) groups excluding carboxylic acids is 1. The van der Waals surface area contributed by atoms with E-state index in [1.807, 2.05) is 6.07 Å². The summed E-state index contributed by atoms with van der Waals surface area (Å²) in [4.78, 5) is 14.7. The molecule has 6 heteroatoms. The van der Waals surface area contributed by atoms with Crippen molar-refractivity contribution in [3.63, 3.8) is 0 Å². The standard InChI is InChI=1S/C11H10BrN3O2/c12-10-1-2-11(9(5-10)6-16)17-4-3-15-8-13-7-14-15/h1-2,5-8H,3-4H2. The smallest absolute Gasteiger partial charge is 0.153 e. The lowest BCUT2D eigenvalue weighted by molar-refractivity contribution is 0.111. The normalized spacial score (nSPS) is 10.2. The van der Waals surface area contributed by atoms with Crippen molar-refractivity contribution >= 4 is 22.2 Å². The molecule has 0 aliphatic rings. The fourth-order valence-corrected chi connectivity index (χ4v) is 1.72. The molecule has 17 heavy (non-hydrogen) atoms. The van der Waals surface area contributed by atoms with Crippen LogP contribution in [0.25, 0.3) is 0 Å². The van der Waals surface area contributed by atoms with Gasteiger partial charge in [0.25, 0.3) is 0 Å². The average Bonchev–Trinajstić information content (AvgIpc) is 2.84. The molecule has 0 spiro atoms. The van der Waals surface area contributed by atoms with Crippen LogP contribution in [0.4, 0.5) is 0 Å². The third-order valence-electron chi connectivity index (χ3n) is 2.14. The number of aromatic nitrogens is 3. The molecule has 0 unspecified atom stereocenters. The zero-order valence-electron chi connectivity index (χ0n) is 8.91. The lowest BCUT2D eigenvalue weighted by Crippen LogP contribution is -2.09. The summed E-state index contributed by atoms with van der Waals surface area (Å²) in [5.74, 6) is 0.573. The molecule has 0 saturated carbocycles. The van der Waals surface area contributed by atoms with Gasteiger partial charge in [-0.1, -0.05) is 15.9 Å². The molecular weight excluding hydrogens is 286 g/mol. The van der Waals surface area contributed by atoms with E-state index in [1.54, 1.807) is 23.1 Å². The summed E-state index contributed by atoms with van der Waals surface area (Å²) in [5, 5.41) is 3.95. The number of ether oxygens (including phenoxy) is 1. The molecule has 2 aromatic rings. The number of rotatable bonds is 5. The quantitative estimate of drug-likeness (QED) is 0.791. The highest BCUT2D eigenvalue weighted by Gasteiger charge is 2.03. The lowest BCUT2D eigenvalue weighted by Gasteiger charge is -2.08. The van der Waals surface area contributed by atoms with Gasteiger partial charge in [-0.05, 0) is 18.2 Å². The minimum Gasteiger partial charge on any atom is -0.491 e. The van der Waals surface area contributed by atoms with Gasteiger partial charge in [-0.2, -0.15) is 5.10 Å². The van der Waals surface area contributed by atoms with Crippen LogP contribution in [0.1, 0.15) is 10.4 Å². The Morgan fingerprint density at radius 1 is 1.47 bits per heavy atom. The Bertz CT molecular complexity index is 499. The molecule has 0 aliphatic carbocycles. The Balaban J connectivity index is 1.96. The molecule has 2 rings (SSSR count). The molecule has 0 saturated heterocycles. The Kier molecular flexibility index (Phi) is 3.87. The second-order valence-electron chi connectivity index (χ2n) is 3.31. The van der Waals surface area contributed by atoms with E-state index in [9.17, 15) is 4.79 Å². The second-order valence-corrected chi connectivity index (χ2v) is 4.22. The van der Waals surface area contributed by atoms with E-state index in [-0.39, 0.29) is 0 Å². The topological polar surface area (TPSA) is 57.0 Å². The van der Waals surface area contributed by atoms with Crippen molar-refractivity contribution in [3.8, 4) is 5.75 Å². The highest BCUT2D eigenvalue weighted by atomic mass is 79.9. The fourth-order valence-electron chi connectivity index (χ4n) is 1.34. The third-order valence-corrected chi connectivity index (χ3v) is 2.64. The van der Waals surface area contributed by atoms with E-state index in [0.717, 1.165) is 10.8 Å². The maximum atomic E-state index is 10.8. The monoisotopic (exact) mass is 295 g/mol. The Morgan fingerprint density at radius 2 is 2.35 bits per heavy atom. The van der Waals surface area contributed by atoms with Crippen molar-refractivity contribution in [2.75, 3.05) is 6.61 Å². The predicted molar refractivity (Wildman–Crippen MR) is 65.0 cm³/mol. The molecule has 1 heterocycles. The maximum absolute atomic E-state index is 10.8. The van der Waals surface area contributed by atoms with Gasteiger partial charge < -0.3 is 4.74 Å². The van der Waals surface area contributed by atoms with Crippen molar-refractivity contribution in [2.24, 2.45) is 0 Å². The molecule has 0 atom stereocenters. The van der Waals surface area contributed by atoms with Gasteiger partial charge in [0.05, 0.1) is 12.1 Å². The summed E-state index contributed by atoms with van der Waals surface area (Å²) in [6.45, 7) is 1.03. The molecule has 5 nitrogen and oxygen atoms in total.